The Morgan fingerprint density at radius 1 is 1.29 bits per heavy atom. The first kappa shape index (κ1) is 12.9. The molecule has 1 aromatic rings. The SMILES string of the molecule is CNCC1(O)CCN(c2ccc(Br)cc2)CC1. The van der Waals surface area contributed by atoms with Gasteiger partial charge < -0.3 is 15.3 Å². The van der Waals surface area contributed by atoms with Crippen molar-refractivity contribution in [2.45, 2.75) is 18.4 Å². The van der Waals surface area contributed by atoms with Crippen molar-refractivity contribution in [2.24, 2.45) is 0 Å². The van der Waals surface area contributed by atoms with Crippen molar-refractivity contribution in [3.63, 3.8) is 0 Å². The van der Waals surface area contributed by atoms with Crippen LogP contribution in [0, 0.1) is 0 Å². The molecule has 1 aromatic carbocycles. The molecule has 0 bridgehead atoms. The highest BCUT2D eigenvalue weighted by Gasteiger charge is 2.31. The van der Waals surface area contributed by atoms with E-state index in [-0.39, 0.29) is 0 Å². The van der Waals surface area contributed by atoms with Gasteiger partial charge in [0, 0.05) is 29.8 Å². The molecule has 0 unspecified atom stereocenters. The zero-order chi connectivity index (χ0) is 12.3. The van der Waals surface area contributed by atoms with Crippen LogP contribution in [0.25, 0.3) is 0 Å². The molecule has 2 rings (SSSR count). The van der Waals surface area contributed by atoms with Crippen LogP contribution < -0.4 is 10.2 Å². The summed E-state index contributed by atoms with van der Waals surface area (Å²) < 4.78 is 1.10. The number of benzene rings is 1. The average Bonchev–Trinajstić information content (AvgIpc) is 2.31. The van der Waals surface area contributed by atoms with Gasteiger partial charge >= 0.3 is 0 Å². The highest BCUT2D eigenvalue weighted by molar-refractivity contribution is 9.10. The van der Waals surface area contributed by atoms with Gasteiger partial charge in [0.1, 0.15) is 0 Å². The predicted octanol–water partition coefficient (Wildman–Crippen LogP) is 2.00. The predicted molar refractivity (Wildman–Crippen MR) is 74.5 cm³/mol. The maximum absolute atomic E-state index is 10.3. The van der Waals surface area contributed by atoms with Crippen LogP contribution >= 0.6 is 15.9 Å². The number of nitrogens with one attached hydrogen (secondary N) is 1. The van der Waals surface area contributed by atoms with Crippen molar-refractivity contribution in [1.82, 2.24) is 5.32 Å². The molecule has 0 saturated carbocycles. The van der Waals surface area contributed by atoms with Crippen LogP contribution in [0.3, 0.4) is 0 Å². The standard InChI is InChI=1S/C13H19BrN2O/c1-15-10-13(17)6-8-16(9-7-13)12-4-2-11(14)3-5-12/h2-5,15,17H,6-10H2,1H3. The lowest BCUT2D eigenvalue weighted by atomic mass is 9.91. The highest BCUT2D eigenvalue weighted by atomic mass is 79.9. The van der Waals surface area contributed by atoms with Crippen molar-refractivity contribution in [2.75, 3.05) is 31.6 Å². The van der Waals surface area contributed by atoms with Crippen LogP contribution in [-0.4, -0.2) is 37.4 Å². The average molecular weight is 299 g/mol. The minimum atomic E-state index is -0.527. The lowest BCUT2D eigenvalue weighted by Crippen LogP contribution is -2.49. The molecular weight excluding hydrogens is 280 g/mol. The first-order valence-electron chi connectivity index (χ1n) is 6.00. The molecule has 0 aromatic heterocycles. The molecule has 1 fully saturated rings. The maximum atomic E-state index is 10.3. The summed E-state index contributed by atoms with van der Waals surface area (Å²) in [6.45, 7) is 2.51. The number of rotatable bonds is 3. The van der Waals surface area contributed by atoms with E-state index in [0.717, 1.165) is 30.4 Å². The second-order valence-electron chi connectivity index (χ2n) is 4.72. The minimum absolute atomic E-state index is 0.527. The van der Waals surface area contributed by atoms with Crippen LogP contribution in [0.15, 0.2) is 28.7 Å². The van der Waals surface area contributed by atoms with Crippen LogP contribution in [0.2, 0.25) is 0 Å². The van der Waals surface area contributed by atoms with E-state index < -0.39 is 5.60 Å². The van der Waals surface area contributed by atoms with Crippen molar-refractivity contribution in [3.05, 3.63) is 28.7 Å². The van der Waals surface area contributed by atoms with Gasteiger partial charge in [0.15, 0.2) is 0 Å². The first-order chi connectivity index (χ1) is 8.13. The lowest BCUT2D eigenvalue weighted by Gasteiger charge is -2.39. The molecule has 3 nitrogen and oxygen atoms in total. The maximum Gasteiger partial charge on any atom is 0.0805 e. The zero-order valence-corrected chi connectivity index (χ0v) is 11.7. The first-order valence-corrected chi connectivity index (χ1v) is 6.80. The monoisotopic (exact) mass is 298 g/mol. The van der Waals surface area contributed by atoms with E-state index in [0.29, 0.717) is 6.54 Å². The molecule has 0 spiro atoms. The Labute approximate surface area is 111 Å². The van der Waals surface area contributed by atoms with Crippen molar-refractivity contribution in [1.29, 1.82) is 0 Å². The summed E-state index contributed by atoms with van der Waals surface area (Å²) in [7, 11) is 1.89. The van der Waals surface area contributed by atoms with E-state index in [9.17, 15) is 5.11 Å². The number of aliphatic hydroxyl groups is 1. The molecule has 2 N–H and O–H groups in total. The van der Waals surface area contributed by atoms with E-state index in [2.05, 4.69) is 50.4 Å². The van der Waals surface area contributed by atoms with Gasteiger partial charge in [-0.25, -0.2) is 0 Å². The quantitative estimate of drug-likeness (QED) is 0.896. The topological polar surface area (TPSA) is 35.5 Å². The summed E-state index contributed by atoms with van der Waals surface area (Å²) in [5.41, 5.74) is 0.709. The summed E-state index contributed by atoms with van der Waals surface area (Å²) in [5.74, 6) is 0. The Bertz CT molecular complexity index is 358. The lowest BCUT2D eigenvalue weighted by molar-refractivity contribution is 0.0185. The van der Waals surface area contributed by atoms with E-state index >= 15 is 0 Å². The number of likely N-dealkylation sites (N-methyl/N-ethyl adjacent to an activating group) is 1. The third kappa shape index (κ3) is 3.21. The van der Waals surface area contributed by atoms with Crippen LogP contribution in [0.4, 0.5) is 5.69 Å². The molecule has 0 atom stereocenters. The zero-order valence-electron chi connectivity index (χ0n) is 10.1. The third-order valence-electron chi connectivity index (χ3n) is 3.39. The Morgan fingerprint density at radius 3 is 2.41 bits per heavy atom. The van der Waals surface area contributed by atoms with Gasteiger partial charge in [0.05, 0.1) is 5.60 Å². The Hall–Kier alpha value is -0.580. The summed E-state index contributed by atoms with van der Waals surface area (Å²) in [6, 6.07) is 8.35. The number of halogens is 1. The van der Waals surface area contributed by atoms with E-state index in [4.69, 9.17) is 0 Å². The molecule has 94 valence electrons. The van der Waals surface area contributed by atoms with Gasteiger partial charge in [0.2, 0.25) is 0 Å². The fourth-order valence-electron chi connectivity index (χ4n) is 2.34. The largest absolute Gasteiger partial charge is 0.388 e. The molecule has 0 radical (unpaired) electrons. The van der Waals surface area contributed by atoms with Crippen LogP contribution in [0.5, 0.6) is 0 Å². The summed E-state index contributed by atoms with van der Waals surface area (Å²) in [5, 5.41) is 13.3. The smallest absolute Gasteiger partial charge is 0.0805 e. The summed E-state index contributed by atoms with van der Waals surface area (Å²) in [6.07, 6.45) is 1.65. The fraction of sp³-hybridized carbons (Fsp3) is 0.538. The molecule has 1 saturated heterocycles. The van der Waals surface area contributed by atoms with Gasteiger partial charge in [-0.1, -0.05) is 15.9 Å². The summed E-state index contributed by atoms with van der Waals surface area (Å²) >= 11 is 3.44. The third-order valence-corrected chi connectivity index (χ3v) is 3.92. The molecule has 17 heavy (non-hydrogen) atoms. The minimum Gasteiger partial charge on any atom is -0.388 e. The highest BCUT2D eigenvalue weighted by Crippen LogP contribution is 2.26. The molecule has 0 amide bonds. The fourth-order valence-corrected chi connectivity index (χ4v) is 2.60. The number of anilines is 1. The number of piperidine rings is 1. The number of nitrogens with zero attached hydrogens (tertiary/aromatic N) is 1. The van der Waals surface area contributed by atoms with Crippen molar-refractivity contribution in [3.8, 4) is 0 Å². The Morgan fingerprint density at radius 2 is 1.88 bits per heavy atom. The van der Waals surface area contributed by atoms with Gasteiger partial charge in [-0.3, -0.25) is 0 Å². The second kappa shape index (κ2) is 5.38. The number of hydrogen-bond acceptors (Lipinski definition) is 3. The molecule has 1 aliphatic rings. The van der Waals surface area contributed by atoms with Gasteiger partial charge in [-0.15, -0.1) is 0 Å². The van der Waals surface area contributed by atoms with E-state index in [1.54, 1.807) is 0 Å². The summed E-state index contributed by atoms with van der Waals surface area (Å²) in [4.78, 5) is 2.33. The Kier molecular flexibility index (Phi) is 4.07. The van der Waals surface area contributed by atoms with Gasteiger partial charge in [0.25, 0.3) is 0 Å². The Balaban J connectivity index is 1.97. The normalized spacial score (nSPS) is 19.4. The van der Waals surface area contributed by atoms with Gasteiger partial charge in [-0.05, 0) is 44.2 Å². The molecule has 0 aliphatic carbocycles. The molecule has 1 aliphatic heterocycles. The van der Waals surface area contributed by atoms with Crippen molar-refractivity contribution < 1.29 is 5.11 Å². The van der Waals surface area contributed by atoms with Crippen LogP contribution in [0.1, 0.15) is 12.8 Å². The number of hydrogen-bond donors (Lipinski definition) is 2. The molecule has 1 heterocycles. The molecular formula is C13H19BrN2O. The van der Waals surface area contributed by atoms with E-state index in [1.165, 1.54) is 5.69 Å². The van der Waals surface area contributed by atoms with E-state index in [1.807, 2.05) is 7.05 Å². The van der Waals surface area contributed by atoms with Gasteiger partial charge in [-0.2, -0.15) is 0 Å². The second-order valence-corrected chi connectivity index (χ2v) is 5.63. The molecule has 4 heteroatoms. The van der Waals surface area contributed by atoms with Crippen LogP contribution in [-0.2, 0) is 0 Å². The van der Waals surface area contributed by atoms with Crippen molar-refractivity contribution >= 4 is 21.6 Å².